The number of aromatic nitrogens is 4. The zero-order valence-electron chi connectivity index (χ0n) is 9.17. The van der Waals surface area contributed by atoms with E-state index in [2.05, 4.69) is 15.2 Å². The lowest BCUT2D eigenvalue weighted by Gasteiger charge is -2.00. The summed E-state index contributed by atoms with van der Waals surface area (Å²) < 4.78 is 7.01. The minimum absolute atomic E-state index is 0.396. The standard InChI is InChI=1S/C9H13N5OS/c1-6-11-7(4-15-6)5-16-9-13-12-8(3-10)14(9)2/h4H,3,5,10H2,1-2H3. The van der Waals surface area contributed by atoms with Crippen LogP contribution in [0.5, 0.6) is 0 Å². The minimum atomic E-state index is 0.396. The largest absolute Gasteiger partial charge is 0.449 e. The van der Waals surface area contributed by atoms with Crippen LogP contribution >= 0.6 is 11.8 Å². The van der Waals surface area contributed by atoms with Gasteiger partial charge in [0.1, 0.15) is 12.1 Å². The molecule has 0 spiro atoms. The van der Waals surface area contributed by atoms with E-state index >= 15 is 0 Å². The van der Waals surface area contributed by atoms with Gasteiger partial charge in [-0.1, -0.05) is 11.8 Å². The van der Waals surface area contributed by atoms with E-state index in [4.69, 9.17) is 10.2 Å². The van der Waals surface area contributed by atoms with Crippen LogP contribution in [0.25, 0.3) is 0 Å². The number of thioether (sulfide) groups is 1. The summed E-state index contributed by atoms with van der Waals surface area (Å²) in [7, 11) is 1.90. The lowest BCUT2D eigenvalue weighted by atomic mass is 10.6. The summed E-state index contributed by atoms with van der Waals surface area (Å²) in [6, 6.07) is 0. The quantitative estimate of drug-likeness (QED) is 0.797. The van der Waals surface area contributed by atoms with Crippen molar-refractivity contribution in [2.45, 2.75) is 24.4 Å². The van der Waals surface area contributed by atoms with Crippen molar-refractivity contribution < 1.29 is 4.42 Å². The zero-order valence-corrected chi connectivity index (χ0v) is 9.99. The first kappa shape index (κ1) is 11.2. The highest BCUT2D eigenvalue weighted by molar-refractivity contribution is 7.98. The van der Waals surface area contributed by atoms with Crippen LogP contribution < -0.4 is 5.73 Å². The second-order valence-electron chi connectivity index (χ2n) is 3.31. The maximum atomic E-state index is 5.51. The van der Waals surface area contributed by atoms with E-state index in [-0.39, 0.29) is 0 Å². The van der Waals surface area contributed by atoms with Crippen molar-refractivity contribution in [1.29, 1.82) is 0 Å². The fourth-order valence-corrected chi connectivity index (χ4v) is 2.07. The molecule has 0 bridgehead atoms. The Morgan fingerprint density at radius 2 is 2.31 bits per heavy atom. The van der Waals surface area contributed by atoms with Gasteiger partial charge in [0.25, 0.3) is 0 Å². The van der Waals surface area contributed by atoms with Crippen molar-refractivity contribution >= 4 is 11.8 Å². The molecule has 2 aromatic heterocycles. The molecule has 0 fully saturated rings. The first-order chi connectivity index (χ1) is 7.70. The highest BCUT2D eigenvalue weighted by Crippen LogP contribution is 2.20. The van der Waals surface area contributed by atoms with Crippen molar-refractivity contribution in [3.8, 4) is 0 Å². The molecule has 0 aliphatic carbocycles. The number of nitrogens with zero attached hydrogens (tertiary/aromatic N) is 4. The molecule has 0 aliphatic rings. The van der Waals surface area contributed by atoms with Crippen molar-refractivity contribution in [2.24, 2.45) is 12.8 Å². The van der Waals surface area contributed by atoms with E-state index in [9.17, 15) is 0 Å². The summed E-state index contributed by atoms with van der Waals surface area (Å²) in [6.07, 6.45) is 1.66. The lowest BCUT2D eigenvalue weighted by molar-refractivity contribution is 0.521. The van der Waals surface area contributed by atoms with E-state index in [1.54, 1.807) is 18.0 Å². The van der Waals surface area contributed by atoms with Gasteiger partial charge in [-0.05, 0) is 0 Å². The summed E-state index contributed by atoms with van der Waals surface area (Å²) in [5.41, 5.74) is 6.42. The maximum Gasteiger partial charge on any atom is 0.191 e. The minimum Gasteiger partial charge on any atom is -0.449 e. The molecule has 6 nitrogen and oxygen atoms in total. The van der Waals surface area contributed by atoms with Crippen molar-refractivity contribution in [2.75, 3.05) is 0 Å². The second kappa shape index (κ2) is 4.67. The number of nitrogens with two attached hydrogens (primary N) is 1. The molecule has 0 amide bonds. The van der Waals surface area contributed by atoms with E-state index in [1.165, 1.54) is 0 Å². The van der Waals surface area contributed by atoms with Gasteiger partial charge in [0, 0.05) is 19.7 Å². The molecule has 86 valence electrons. The van der Waals surface area contributed by atoms with Crippen LogP contribution in [0, 0.1) is 6.92 Å². The molecule has 0 saturated carbocycles. The summed E-state index contributed by atoms with van der Waals surface area (Å²) in [5, 5.41) is 8.86. The smallest absolute Gasteiger partial charge is 0.191 e. The van der Waals surface area contributed by atoms with Gasteiger partial charge < -0.3 is 14.7 Å². The fraction of sp³-hybridized carbons (Fsp3) is 0.444. The third kappa shape index (κ3) is 2.25. The van der Waals surface area contributed by atoms with Crippen LogP contribution in [-0.4, -0.2) is 19.7 Å². The average molecular weight is 239 g/mol. The molecule has 0 aliphatic heterocycles. The molecule has 7 heteroatoms. The van der Waals surface area contributed by atoms with Crippen LogP contribution in [0.1, 0.15) is 17.4 Å². The van der Waals surface area contributed by atoms with E-state index in [0.717, 1.165) is 16.7 Å². The predicted molar refractivity (Wildman–Crippen MR) is 59.7 cm³/mol. The van der Waals surface area contributed by atoms with Gasteiger partial charge in [0.05, 0.1) is 12.2 Å². The summed E-state index contributed by atoms with van der Waals surface area (Å²) in [4.78, 5) is 4.21. The molecule has 2 aromatic rings. The summed E-state index contributed by atoms with van der Waals surface area (Å²) in [5.74, 6) is 2.17. The summed E-state index contributed by atoms with van der Waals surface area (Å²) >= 11 is 1.56. The third-order valence-corrected chi connectivity index (χ3v) is 3.18. The normalized spacial score (nSPS) is 10.9. The molecule has 0 saturated heterocycles. The lowest BCUT2D eigenvalue weighted by Crippen LogP contribution is -2.05. The Hall–Kier alpha value is -1.34. The number of oxazole rings is 1. The van der Waals surface area contributed by atoms with Gasteiger partial charge in [-0.3, -0.25) is 0 Å². The molecule has 2 heterocycles. The maximum absolute atomic E-state index is 5.51. The molecule has 0 radical (unpaired) electrons. The van der Waals surface area contributed by atoms with Gasteiger partial charge in [0.2, 0.25) is 0 Å². The first-order valence-electron chi connectivity index (χ1n) is 4.83. The Morgan fingerprint density at radius 3 is 2.88 bits per heavy atom. The van der Waals surface area contributed by atoms with Gasteiger partial charge in [-0.2, -0.15) is 0 Å². The second-order valence-corrected chi connectivity index (χ2v) is 4.25. The van der Waals surface area contributed by atoms with Gasteiger partial charge in [-0.25, -0.2) is 4.98 Å². The number of hydrogen-bond acceptors (Lipinski definition) is 6. The van der Waals surface area contributed by atoms with Crippen molar-refractivity contribution in [3.63, 3.8) is 0 Å². The van der Waals surface area contributed by atoms with Gasteiger partial charge >= 0.3 is 0 Å². The molecule has 0 unspecified atom stereocenters. The molecule has 2 N–H and O–H groups in total. The van der Waals surface area contributed by atoms with Crippen molar-refractivity contribution in [1.82, 2.24) is 19.7 Å². The van der Waals surface area contributed by atoms with Crippen LogP contribution in [0.15, 0.2) is 15.8 Å². The molecular weight excluding hydrogens is 226 g/mol. The Bertz CT molecular complexity index is 478. The van der Waals surface area contributed by atoms with Crippen LogP contribution in [0.3, 0.4) is 0 Å². The molecule has 0 atom stereocenters. The zero-order chi connectivity index (χ0) is 11.5. The summed E-state index contributed by atoms with van der Waals surface area (Å²) in [6.45, 7) is 2.22. The van der Waals surface area contributed by atoms with E-state index in [1.807, 2.05) is 18.5 Å². The third-order valence-electron chi connectivity index (χ3n) is 2.12. The highest BCUT2D eigenvalue weighted by Gasteiger charge is 2.09. The topological polar surface area (TPSA) is 82.8 Å². The SMILES string of the molecule is Cc1nc(CSc2nnc(CN)n2C)co1. The Morgan fingerprint density at radius 1 is 1.50 bits per heavy atom. The van der Waals surface area contributed by atoms with Gasteiger partial charge in [-0.15, -0.1) is 10.2 Å². The Labute approximate surface area is 97.3 Å². The Kier molecular flexibility index (Phi) is 3.25. The van der Waals surface area contributed by atoms with Crippen LogP contribution in [-0.2, 0) is 19.3 Å². The van der Waals surface area contributed by atoms with Crippen molar-refractivity contribution in [3.05, 3.63) is 23.7 Å². The molecule has 2 rings (SSSR count). The van der Waals surface area contributed by atoms with Gasteiger partial charge in [0.15, 0.2) is 11.0 Å². The molecular formula is C9H13N5OS. The predicted octanol–water partition coefficient (Wildman–Crippen LogP) is 0.863. The molecule has 16 heavy (non-hydrogen) atoms. The van der Waals surface area contributed by atoms with E-state index in [0.29, 0.717) is 18.2 Å². The average Bonchev–Trinajstić information content (AvgIpc) is 2.83. The number of aryl methyl sites for hydroxylation is 1. The van der Waals surface area contributed by atoms with E-state index < -0.39 is 0 Å². The van der Waals surface area contributed by atoms with Crippen LogP contribution in [0.2, 0.25) is 0 Å². The molecule has 0 aromatic carbocycles. The highest BCUT2D eigenvalue weighted by atomic mass is 32.2. The number of rotatable bonds is 4. The fourth-order valence-electron chi connectivity index (χ4n) is 1.26. The first-order valence-corrected chi connectivity index (χ1v) is 5.81. The monoisotopic (exact) mass is 239 g/mol. The van der Waals surface area contributed by atoms with Crippen LogP contribution in [0.4, 0.5) is 0 Å². The number of hydrogen-bond donors (Lipinski definition) is 1. The Balaban J connectivity index is 2.02.